The first kappa shape index (κ1) is 46.0. The molecule has 0 aliphatic heterocycles. The Hall–Kier alpha value is -5.00. The summed E-state index contributed by atoms with van der Waals surface area (Å²) in [4.78, 5) is 21.1. The minimum Gasteiger partial charge on any atom is -0.508 e. The first-order valence-corrected chi connectivity index (χ1v) is 12.1. The van der Waals surface area contributed by atoms with Crippen molar-refractivity contribution in [3.05, 3.63) is 83.4 Å². The summed E-state index contributed by atoms with van der Waals surface area (Å²) < 4.78 is 5.45. The molecule has 3 aromatic rings. The van der Waals surface area contributed by atoms with Crippen LogP contribution in [0.25, 0.3) is 0 Å². The molecule has 53 heavy (non-hydrogen) atoms. The molecule has 0 aliphatic carbocycles. The molecule has 3 aromatic carbocycles. The van der Waals surface area contributed by atoms with E-state index in [-0.39, 0.29) is 40.7 Å². The Morgan fingerprint density at radius 2 is 0.925 bits per heavy atom. The number of carboxylic acid groups (broad SMARTS) is 1. The molecule has 0 unspecified atom stereocenters. The Kier molecular flexibility index (Phi) is 27.5. The highest BCUT2D eigenvalue weighted by atomic mass is 18.0. The second-order valence-electron chi connectivity index (χ2n) is 7.20. The molecule has 0 saturated heterocycles. The molecule has 0 amide bonds. The summed E-state index contributed by atoms with van der Waals surface area (Å²) in [5, 5.41) is 128. The molecule has 0 aromatic heterocycles. The van der Waals surface area contributed by atoms with Gasteiger partial charge in [-0.3, -0.25) is 4.79 Å². The van der Waals surface area contributed by atoms with Gasteiger partial charge >= 0.3 is 5.97 Å². The molecule has 32 nitrogen and oxygen atoms in total. The number of aromatic hydroxyl groups is 3. The average molecular weight is 784 g/mol. The number of aldehydes is 1. The summed E-state index contributed by atoms with van der Waals surface area (Å²) in [5.41, 5.74) is 0.993. The third-order valence-electron chi connectivity index (χ3n) is 4.19. The fraction of sp³-hybridized carbons (Fsp3) is 0.0476. The van der Waals surface area contributed by atoms with E-state index in [2.05, 4.69) is 116 Å². The molecular weight excluding hydrogens is 764 g/mol. The van der Waals surface area contributed by atoms with Crippen molar-refractivity contribution < 1.29 is 161 Å². The van der Waals surface area contributed by atoms with Crippen molar-refractivity contribution in [3.8, 4) is 23.0 Å². The summed E-state index contributed by atoms with van der Waals surface area (Å²) in [6, 6.07) is 17.2. The second-order valence-corrected chi connectivity index (χ2v) is 7.20. The molecule has 0 atom stereocenters. The van der Waals surface area contributed by atoms with E-state index in [0.29, 0.717) is 6.29 Å². The molecule has 0 heterocycles. The second kappa shape index (κ2) is 31.7. The van der Waals surface area contributed by atoms with Crippen LogP contribution in [0.2, 0.25) is 0 Å². The van der Waals surface area contributed by atoms with E-state index in [1.807, 2.05) is 30.3 Å². The van der Waals surface area contributed by atoms with Gasteiger partial charge in [0, 0.05) is 35.3 Å². The Bertz CT molecular complexity index is 1320. The number of benzene rings is 3. The molecule has 0 spiro atoms. The van der Waals surface area contributed by atoms with Gasteiger partial charge in [0.05, 0.1) is 5.56 Å². The Morgan fingerprint density at radius 3 is 1.30 bits per heavy atom. The number of rotatable bonds is 27. The van der Waals surface area contributed by atoms with Gasteiger partial charge in [-0.25, -0.2) is 15.3 Å². The Morgan fingerprint density at radius 1 is 0.528 bits per heavy atom. The zero-order valence-corrected chi connectivity index (χ0v) is 24.9. The molecule has 0 fully saturated rings. The first-order valence-electron chi connectivity index (χ1n) is 12.1. The minimum absolute atomic E-state index is 0.0279. The highest BCUT2D eigenvalue weighted by Gasteiger charge is 2.12. The highest BCUT2D eigenvalue weighted by Crippen LogP contribution is 2.24. The van der Waals surface area contributed by atoms with Crippen molar-refractivity contribution in [2.45, 2.75) is 6.61 Å². The van der Waals surface area contributed by atoms with Crippen LogP contribution in [0.1, 0.15) is 26.3 Å². The van der Waals surface area contributed by atoms with Crippen LogP contribution in [-0.2, 0) is 122 Å². The van der Waals surface area contributed by atoms with Crippen LogP contribution in [0.5, 0.6) is 23.0 Å². The molecule has 3 rings (SSSR count). The number of carbonyl (C=O) groups is 2. The quantitative estimate of drug-likeness (QED) is 0.0212. The van der Waals surface area contributed by atoms with Crippen molar-refractivity contribution in [1.82, 2.24) is 0 Å². The zero-order valence-electron chi connectivity index (χ0n) is 24.9. The highest BCUT2D eigenvalue weighted by molar-refractivity contribution is 5.91. The fourth-order valence-corrected chi connectivity index (χ4v) is 2.42. The molecule has 0 bridgehead atoms. The first-order chi connectivity index (χ1) is 25.8. The topological polar surface area (TPSA) is 377 Å². The van der Waals surface area contributed by atoms with E-state index in [4.69, 9.17) is 30.6 Å². The summed E-state index contributed by atoms with van der Waals surface area (Å²) in [6.45, 7) is 0.284. The van der Waals surface area contributed by atoms with Crippen molar-refractivity contribution >= 4 is 12.3 Å². The van der Waals surface area contributed by atoms with Gasteiger partial charge in [-0.15, -0.1) is 0 Å². The molecule has 6 N–H and O–H groups in total. The third-order valence-corrected chi connectivity index (χ3v) is 4.19. The maximum Gasteiger partial charge on any atom is 0.339 e. The molecule has 32 heteroatoms. The van der Waals surface area contributed by atoms with E-state index >= 15 is 0 Å². The van der Waals surface area contributed by atoms with Crippen molar-refractivity contribution in [3.63, 3.8) is 0 Å². The SMILES string of the molecule is O=C(O)c1cc(O)ccc1OCc1ccccc1.O=Cc1cc(O)ccc1O.OOOOOOOOOOOOOOOOOOOOOOOOO. The lowest BCUT2D eigenvalue weighted by atomic mass is 10.2. The van der Waals surface area contributed by atoms with Gasteiger partial charge in [0.1, 0.15) is 35.2 Å². The monoisotopic (exact) mass is 784 g/mol. The maximum atomic E-state index is 11.0. The summed E-state index contributed by atoms with van der Waals surface area (Å²) in [5.74, 6) is -1.13. The number of carboxylic acids is 1. The van der Waals surface area contributed by atoms with Gasteiger partial charge in [-0.1, -0.05) is 30.3 Å². The van der Waals surface area contributed by atoms with E-state index in [0.717, 1.165) is 5.56 Å². The van der Waals surface area contributed by atoms with E-state index in [1.54, 1.807) is 0 Å². The number of phenolic OH excluding ortho intramolecular Hbond substituents is 3. The predicted octanol–water partition coefficient (Wildman–Crippen LogP) is 2.02. The summed E-state index contributed by atoms with van der Waals surface area (Å²) in [6.07, 6.45) is 0.481. The van der Waals surface area contributed by atoms with Crippen molar-refractivity contribution in [1.29, 1.82) is 0 Å². The minimum atomic E-state index is -1.13. The third kappa shape index (κ3) is 24.8. The van der Waals surface area contributed by atoms with Crippen LogP contribution >= 0.6 is 0 Å². The predicted molar refractivity (Wildman–Crippen MR) is 131 cm³/mol. The maximum absolute atomic E-state index is 11.0. The van der Waals surface area contributed by atoms with Crippen LogP contribution in [0.4, 0.5) is 0 Å². The number of carbonyl (C=O) groups excluding carboxylic acids is 1. The summed E-state index contributed by atoms with van der Waals surface area (Å²) in [7, 11) is 0. The van der Waals surface area contributed by atoms with Crippen molar-refractivity contribution in [2.24, 2.45) is 0 Å². The van der Waals surface area contributed by atoms with Gasteiger partial charge in [0.2, 0.25) is 0 Å². The van der Waals surface area contributed by atoms with Gasteiger partial charge in [-0.05, 0) is 123 Å². The normalized spacial score (nSPS) is 10.5. The van der Waals surface area contributed by atoms with Gasteiger partial charge in [0.15, 0.2) is 6.29 Å². The molecular formula is C21H20O32. The van der Waals surface area contributed by atoms with Crippen LogP contribution in [0, 0.1) is 0 Å². The molecule has 0 saturated carbocycles. The van der Waals surface area contributed by atoms with Crippen LogP contribution < -0.4 is 4.74 Å². The lowest BCUT2D eigenvalue weighted by Gasteiger charge is -2.09. The number of aromatic carboxylic acids is 1. The van der Waals surface area contributed by atoms with Crippen LogP contribution in [0.3, 0.4) is 0 Å². The lowest BCUT2D eigenvalue weighted by molar-refractivity contribution is -0.900. The molecule has 0 aliphatic rings. The average Bonchev–Trinajstić information content (AvgIpc) is 3.16. The number of hydrogen-bond acceptors (Lipinski definition) is 31. The van der Waals surface area contributed by atoms with Crippen LogP contribution in [-0.4, -0.2) is 43.2 Å². The zero-order chi connectivity index (χ0) is 38.8. The number of ether oxygens (including phenoxy) is 1. The number of phenols is 3. The lowest BCUT2D eigenvalue weighted by Crippen LogP contribution is -2.05. The fourth-order valence-electron chi connectivity index (χ4n) is 2.42. The Balaban J connectivity index is 0.000000433. The largest absolute Gasteiger partial charge is 0.508 e. The number of hydrogen-bond donors (Lipinski definition) is 6. The van der Waals surface area contributed by atoms with E-state index in [1.165, 1.54) is 36.4 Å². The van der Waals surface area contributed by atoms with Crippen molar-refractivity contribution in [2.75, 3.05) is 0 Å². The molecule has 0 radical (unpaired) electrons. The smallest absolute Gasteiger partial charge is 0.339 e. The molecule has 296 valence electrons. The van der Waals surface area contributed by atoms with Gasteiger partial charge in [-0.2, -0.15) is 0 Å². The van der Waals surface area contributed by atoms with Crippen LogP contribution in [0.15, 0.2) is 66.7 Å². The standard InChI is InChI=1S/C14H12O4.C7H6O3.H2O25/c15-11-6-7-13(12(8-11)14(16)17)18-9-10-4-2-1-3-5-10;8-4-5-3-6(9)1-2-7(5)10;1-3-5-7-9-11-13-15-17-19-21-23-25-24-22-20-18-16-14-12-10-8-6-4-2/h1-8,15H,9H2,(H,16,17);1-4,9-10H;1-2H. The van der Waals surface area contributed by atoms with E-state index in [9.17, 15) is 14.7 Å². The van der Waals surface area contributed by atoms with E-state index < -0.39 is 5.97 Å². The Labute approximate surface area is 287 Å². The summed E-state index contributed by atoms with van der Waals surface area (Å²) >= 11 is 0. The van der Waals surface area contributed by atoms with Gasteiger partial charge in [0.25, 0.3) is 0 Å². The van der Waals surface area contributed by atoms with Gasteiger partial charge < -0.3 is 25.2 Å².